The van der Waals surface area contributed by atoms with E-state index in [9.17, 15) is 9.59 Å². The third-order valence-electron chi connectivity index (χ3n) is 8.51. The SMILES string of the molecule is O=C(O)/C=C\C(=O)Nc1ccc(-c2c3nc(c(-c4ccccc4)c4ccc(cc5ccc([nH]5)c(-c5ccccc5)c5nc2C=C5)[nH]4)C=C3)cc1. The molecular formula is C42H29N5O3. The molecule has 6 aromatic rings. The number of hydrogen-bond acceptors (Lipinski definition) is 4. The number of nitrogens with one attached hydrogen (secondary N) is 3. The molecule has 240 valence electrons. The van der Waals surface area contributed by atoms with E-state index in [1.54, 1.807) is 12.1 Å². The Bertz CT molecular complexity index is 2410. The summed E-state index contributed by atoms with van der Waals surface area (Å²) in [4.78, 5) is 40.8. The van der Waals surface area contributed by atoms with Gasteiger partial charge in [0.25, 0.3) is 0 Å². The van der Waals surface area contributed by atoms with Gasteiger partial charge in [-0.2, -0.15) is 0 Å². The first kappa shape index (κ1) is 30.3. The summed E-state index contributed by atoms with van der Waals surface area (Å²) in [5, 5.41) is 11.6. The van der Waals surface area contributed by atoms with E-state index < -0.39 is 11.9 Å². The first-order chi connectivity index (χ1) is 24.5. The van der Waals surface area contributed by atoms with Crippen LogP contribution in [0.4, 0.5) is 5.69 Å². The van der Waals surface area contributed by atoms with E-state index in [1.807, 2.05) is 72.8 Å². The van der Waals surface area contributed by atoms with Gasteiger partial charge in [-0.15, -0.1) is 0 Å². The van der Waals surface area contributed by atoms with Crippen molar-refractivity contribution in [3.63, 3.8) is 0 Å². The number of nitrogens with zero attached hydrogens (tertiary/aromatic N) is 2. The fourth-order valence-corrected chi connectivity index (χ4v) is 6.30. The van der Waals surface area contributed by atoms with Gasteiger partial charge in [0, 0.05) is 56.6 Å². The van der Waals surface area contributed by atoms with E-state index in [0.29, 0.717) is 5.69 Å². The molecule has 0 saturated carbocycles. The minimum Gasteiger partial charge on any atom is -0.478 e. The van der Waals surface area contributed by atoms with E-state index in [0.717, 1.165) is 90.4 Å². The van der Waals surface area contributed by atoms with Crippen LogP contribution in [0, 0.1) is 0 Å². The number of aromatic amines is 2. The largest absolute Gasteiger partial charge is 0.478 e. The van der Waals surface area contributed by atoms with Crippen LogP contribution in [0.2, 0.25) is 0 Å². The number of anilines is 1. The predicted molar refractivity (Wildman–Crippen MR) is 201 cm³/mol. The Hall–Kier alpha value is -7.06. The van der Waals surface area contributed by atoms with Crippen molar-refractivity contribution >= 4 is 63.9 Å². The lowest BCUT2D eigenvalue weighted by Gasteiger charge is -2.08. The Morgan fingerprint density at radius 1 is 0.540 bits per heavy atom. The highest BCUT2D eigenvalue weighted by Crippen LogP contribution is 2.37. The average molecular weight is 652 g/mol. The van der Waals surface area contributed by atoms with Crippen molar-refractivity contribution in [2.75, 3.05) is 5.32 Å². The number of carboxylic acid groups (broad SMARTS) is 1. The van der Waals surface area contributed by atoms with Gasteiger partial charge in [0.2, 0.25) is 5.91 Å². The molecule has 2 aliphatic heterocycles. The molecule has 8 nitrogen and oxygen atoms in total. The van der Waals surface area contributed by atoms with E-state index >= 15 is 0 Å². The molecule has 3 aromatic carbocycles. The summed E-state index contributed by atoms with van der Waals surface area (Å²) in [6.45, 7) is 0. The zero-order valence-corrected chi connectivity index (χ0v) is 26.6. The third-order valence-corrected chi connectivity index (χ3v) is 8.51. The molecule has 3 aromatic heterocycles. The molecule has 8 rings (SSSR count). The fraction of sp³-hybridized carbons (Fsp3) is 0. The Kier molecular flexibility index (Phi) is 7.79. The van der Waals surface area contributed by atoms with E-state index in [-0.39, 0.29) is 0 Å². The first-order valence-electron chi connectivity index (χ1n) is 16.0. The molecule has 5 heterocycles. The van der Waals surface area contributed by atoms with Crippen LogP contribution < -0.4 is 5.32 Å². The smallest absolute Gasteiger partial charge is 0.328 e. The van der Waals surface area contributed by atoms with Crippen molar-refractivity contribution in [2.45, 2.75) is 0 Å². The van der Waals surface area contributed by atoms with E-state index in [4.69, 9.17) is 15.1 Å². The third kappa shape index (κ3) is 6.05. The summed E-state index contributed by atoms with van der Waals surface area (Å²) in [5.41, 5.74) is 13.1. The fourth-order valence-electron chi connectivity index (χ4n) is 6.30. The number of aliphatic carboxylic acids is 1. The number of H-pyrrole nitrogens is 2. The lowest BCUT2D eigenvalue weighted by atomic mass is 10.0. The summed E-state index contributed by atoms with van der Waals surface area (Å²) >= 11 is 0. The maximum absolute atomic E-state index is 12.3. The molecular weight excluding hydrogens is 622 g/mol. The highest BCUT2D eigenvalue weighted by Gasteiger charge is 2.18. The van der Waals surface area contributed by atoms with Crippen molar-refractivity contribution in [1.82, 2.24) is 19.9 Å². The number of aromatic nitrogens is 4. The van der Waals surface area contributed by atoms with Crippen LogP contribution in [-0.2, 0) is 9.59 Å². The second kappa shape index (κ2) is 12.9. The lowest BCUT2D eigenvalue weighted by molar-refractivity contribution is -0.131. The van der Waals surface area contributed by atoms with Gasteiger partial charge < -0.3 is 20.4 Å². The van der Waals surface area contributed by atoms with Crippen molar-refractivity contribution in [3.8, 4) is 33.4 Å². The molecule has 0 unspecified atom stereocenters. The van der Waals surface area contributed by atoms with Crippen LogP contribution >= 0.6 is 0 Å². The van der Waals surface area contributed by atoms with Gasteiger partial charge in [0.15, 0.2) is 0 Å². The lowest BCUT2D eigenvalue weighted by Crippen LogP contribution is -2.08. The molecule has 0 atom stereocenters. The normalized spacial score (nSPS) is 12.0. The predicted octanol–water partition coefficient (Wildman–Crippen LogP) is 9.24. The molecule has 0 spiro atoms. The molecule has 0 fully saturated rings. The molecule has 8 heteroatoms. The minimum atomic E-state index is -1.19. The molecule has 2 aliphatic rings. The summed E-state index contributed by atoms with van der Waals surface area (Å²) in [7, 11) is 0. The summed E-state index contributed by atoms with van der Waals surface area (Å²) < 4.78 is 0. The highest BCUT2D eigenvalue weighted by molar-refractivity contribution is 6.02. The van der Waals surface area contributed by atoms with Crippen LogP contribution in [0.5, 0.6) is 0 Å². The highest BCUT2D eigenvalue weighted by atomic mass is 16.4. The summed E-state index contributed by atoms with van der Waals surface area (Å²) in [6, 6.07) is 38.2. The standard InChI is InChI=1S/C42H29N5O3/c48-38(23-24-39(49)50)45-29-13-11-28(12-14-29)42-36-21-19-34(46-36)40(26-7-3-1-4-8-26)32-17-15-30(43-32)25-31-16-18-33(44-31)41(27-9-5-2-6-10-27)35-20-22-37(42)47-35/h1-25,43-44H,(H,45,48)(H,49,50)/b24-23-,30-25?,31-25?,40-32?,40-34?,41-33?,41-35?,42-36?,42-37?. The van der Waals surface area contributed by atoms with Crippen molar-refractivity contribution in [2.24, 2.45) is 0 Å². The molecule has 50 heavy (non-hydrogen) atoms. The molecule has 4 N–H and O–H groups in total. The quantitative estimate of drug-likeness (QED) is 0.134. The van der Waals surface area contributed by atoms with Crippen molar-refractivity contribution in [1.29, 1.82) is 0 Å². The van der Waals surface area contributed by atoms with E-state index in [2.05, 4.69) is 69.9 Å². The molecule has 0 radical (unpaired) electrons. The number of carbonyl (C=O) groups excluding carboxylic acids is 1. The van der Waals surface area contributed by atoms with Gasteiger partial charge in [-0.25, -0.2) is 14.8 Å². The average Bonchev–Trinajstić information content (AvgIpc) is 3.97. The number of rotatable bonds is 6. The molecule has 0 aliphatic carbocycles. The van der Waals surface area contributed by atoms with Gasteiger partial charge in [-0.05, 0) is 83.5 Å². The minimum absolute atomic E-state index is 0.524. The van der Waals surface area contributed by atoms with Gasteiger partial charge in [-0.3, -0.25) is 4.79 Å². The number of benzene rings is 3. The maximum Gasteiger partial charge on any atom is 0.328 e. The second-order valence-electron chi connectivity index (χ2n) is 11.8. The van der Waals surface area contributed by atoms with Crippen LogP contribution in [-0.4, -0.2) is 36.9 Å². The molecule has 1 amide bonds. The van der Waals surface area contributed by atoms with Crippen LogP contribution in [0.25, 0.3) is 79.8 Å². The second-order valence-corrected chi connectivity index (χ2v) is 11.8. The number of amides is 1. The van der Waals surface area contributed by atoms with Gasteiger partial charge >= 0.3 is 5.97 Å². The van der Waals surface area contributed by atoms with Crippen molar-refractivity contribution in [3.05, 3.63) is 150 Å². The summed E-state index contributed by atoms with van der Waals surface area (Å²) in [5.74, 6) is -1.73. The van der Waals surface area contributed by atoms with Gasteiger partial charge in [-0.1, -0.05) is 72.8 Å². The maximum atomic E-state index is 12.3. The zero-order chi connectivity index (χ0) is 34.0. The van der Waals surface area contributed by atoms with Crippen LogP contribution in [0.1, 0.15) is 22.8 Å². The Morgan fingerprint density at radius 2 is 1.00 bits per heavy atom. The summed E-state index contributed by atoms with van der Waals surface area (Å²) in [6.07, 6.45) is 9.88. The van der Waals surface area contributed by atoms with Crippen LogP contribution in [0.3, 0.4) is 0 Å². The molecule has 8 bridgehead atoms. The van der Waals surface area contributed by atoms with Gasteiger partial charge in [0.05, 0.1) is 22.8 Å². The zero-order valence-electron chi connectivity index (χ0n) is 26.6. The Balaban J connectivity index is 1.41. The number of hydrogen-bond donors (Lipinski definition) is 4. The Morgan fingerprint density at radius 3 is 1.48 bits per heavy atom. The van der Waals surface area contributed by atoms with E-state index in [1.165, 1.54) is 0 Å². The van der Waals surface area contributed by atoms with Crippen LogP contribution in [0.15, 0.2) is 127 Å². The Labute approximate surface area is 286 Å². The number of carboxylic acids is 1. The number of fused-ring (bicyclic) bond motifs is 8. The topological polar surface area (TPSA) is 124 Å². The van der Waals surface area contributed by atoms with Gasteiger partial charge in [0.1, 0.15) is 0 Å². The number of carbonyl (C=O) groups is 2. The molecule has 0 saturated heterocycles. The first-order valence-corrected chi connectivity index (χ1v) is 16.0. The van der Waals surface area contributed by atoms with Crippen molar-refractivity contribution < 1.29 is 14.7 Å². The monoisotopic (exact) mass is 651 g/mol.